The van der Waals surface area contributed by atoms with Crippen molar-refractivity contribution in [2.45, 2.75) is 12.5 Å². The van der Waals surface area contributed by atoms with Gasteiger partial charge in [-0.25, -0.2) is 9.48 Å². The predicted molar refractivity (Wildman–Crippen MR) is 81.2 cm³/mol. The SMILES string of the molecule is O=C(O)[C@H]1CN(C(=O)Cc2ccc(-n3cccn3)cc2)CCO1. The van der Waals surface area contributed by atoms with E-state index in [9.17, 15) is 9.59 Å². The third-order valence-corrected chi connectivity index (χ3v) is 3.76. The van der Waals surface area contributed by atoms with Crippen LogP contribution in [0.15, 0.2) is 42.7 Å². The third-order valence-electron chi connectivity index (χ3n) is 3.76. The molecule has 2 heterocycles. The Labute approximate surface area is 133 Å². The topological polar surface area (TPSA) is 84.7 Å². The minimum absolute atomic E-state index is 0.0913. The van der Waals surface area contributed by atoms with Crippen LogP contribution in [0.5, 0.6) is 0 Å². The Morgan fingerprint density at radius 2 is 2.09 bits per heavy atom. The Morgan fingerprint density at radius 3 is 2.74 bits per heavy atom. The maximum Gasteiger partial charge on any atom is 0.334 e. The zero-order valence-electron chi connectivity index (χ0n) is 12.5. The molecule has 23 heavy (non-hydrogen) atoms. The fraction of sp³-hybridized carbons (Fsp3) is 0.312. The van der Waals surface area contributed by atoms with Crippen molar-refractivity contribution in [1.82, 2.24) is 14.7 Å². The largest absolute Gasteiger partial charge is 0.479 e. The fourth-order valence-electron chi connectivity index (χ4n) is 2.50. The van der Waals surface area contributed by atoms with E-state index in [1.54, 1.807) is 15.8 Å². The molecule has 0 bridgehead atoms. The molecule has 0 radical (unpaired) electrons. The van der Waals surface area contributed by atoms with Crippen LogP contribution in [0.1, 0.15) is 5.56 Å². The van der Waals surface area contributed by atoms with Gasteiger partial charge in [-0.05, 0) is 23.8 Å². The van der Waals surface area contributed by atoms with Crippen LogP contribution in [0.2, 0.25) is 0 Å². The van der Waals surface area contributed by atoms with E-state index in [1.807, 2.05) is 36.5 Å². The van der Waals surface area contributed by atoms with E-state index in [4.69, 9.17) is 9.84 Å². The van der Waals surface area contributed by atoms with Gasteiger partial charge >= 0.3 is 5.97 Å². The number of carboxylic acids is 1. The Kier molecular flexibility index (Phi) is 4.38. The second-order valence-electron chi connectivity index (χ2n) is 5.33. The highest BCUT2D eigenvalue weighted by atomic mass is 16.5. The van der Waals surface area contributed by atoms with Crippen LogP contribution >= 0.6 is 0 Å². The van der Waals surface area contributed by atoms with Gasteiger partial charge in [0, 0.05) is 18.9 Å². The van der Waals surface area contributed by atoms with Gasteiger partial charge in [0.05, 0.1) is 25.3 Å². The molecule has 7 nitrogen and oxygen atoms in total. The lowest BCUT2D eigenvalue weighted by atomic mass is 10.1. The van der Waals surface area contributed by atoms with Crippen molar-refractivity contribution < 1.29 is 19.4 Å². The average Bonchev–Trinajstić information content (AvgIpc) is 3.10. The number of rotatable bonds is 4. The highest BCUT2D eigenvalue weighted by Gasteiger charge is 2.28. The van der Waals surface area contributed by atoms with E-state index in [1.165, 1.54) is 0 Å². The summed E-state index contributed by atoms with van der Waals surface area (Å²) in [7, 11) is 0. The molecule has 0 aliphatic carbocycles. The molecular formula is C16H17N3O4. The van der Waals surface area contributed by atoms with Crippen LogP contribution in [0.3, 0.4) is 0 Å². The molecule has 1 aromatic heterocycles. The van der Waals surface area contributed by atoms with E-state index < -0.39 is 12.1 Å². The number of amides is 1. The molecule has 1 aliphatic rings. The van der Waals surface area contributed by atoms with Crippen molar-refractivity contribution >= 4 is 11.9 Å². The van der Waals surface area contributed by atoms with Gasteiger partial charge in [-0.1, -0.05) is 12.1 Å². The average molecular weight is 315 g/mol. The van der Waals surface area contributed by atoms with Gasteiger partial charge in [0.15, 0.2) is 6.10 Å². The molecule has 1 atom stereocenters. The number of nitrogens with zero attached hydrogens (tertiary/aromatic N) is 3. The maximum absolute atomic E-state index is 12.3. The summed E-state index contributed by atoms with van der Waals surface area (Å²) in [4.78, 5) is 24.8. The van der Waals surface area contributed by atoms with Crippen LogP contribution in [0.4, 0.5) is 0 Å². The monoisotopic (exact) mass is 315 g/mol. The molecule has 2 aromatic rings. The number of carbonyl (C=O) groups is 2. The number of benzene rings is 1. The van der Waals surface area contributed by atoms with Crippen LogP contribution in [-0.4, -0.2) is 57.5 Å². The molecular weight excluding hydrogens is 298 g/mol. The van der Waals surface area contributed by atoms with Gasteiger partial charge in [0.2, 0.25) is 5.91 Å². The summed E-state index contributed by atoms with van der Waals surface area (Å²) in [5.41, 5.74) is 1.80. The summed E-state index contributed by atoms with van der Waals surface area (Å²) < 4.78 is 6.87. The molecule has 1 amide bonds. The first-order valence-electron chi connectivity index (χ1n) is 7.34. The van der Waals surface area contributed by atoms with Crippen LogP contribution in [0.25, 0.3) is 5.69 Å². The van der Waals surface area contributed by atoms with Crippen LogP contribution < -0.4 is 0 Å². The van der Waals surface area contributed by atoms with Crippen molar-refractivity contribution in [3.63, 3.8) is 0 Å². The second kappa shape index (κ2) is 6.62. The summed E-state index contributed by atoms with van der Waals surface area (Å²) in [6.07, 6.45) is 2.86. The van der Waals surface area contributed by atoms with Crippen LogP contribution in [0, 0.1) is 0 Å². The maximum atomic E-state index is 12.3. The molecule has 1 saturated heterocycles. The van der Waals surface area contributed by atoms with Crippen LogP contribution in [-0.2, 0) is 20.7 Å². The number of carboxylic acid groups (broad SMARTS) is 1. The molecule has 1 N–H and O–H groups in total. The zero-order valence-corrected chi connectivity index (χ0v) is 12.5. The highest BCUT2D eigenvalue weighted by molar-refractivity contribution is 5.80. The van der Waals surface area contributed by atoms with E-state index in [0.29, 0.717) is 6.54 Å². The van der Waals surface area contributed by atoms with Gasteiger partial charge in [0.25, 0.3) is 0 Å². The smallest absolute Gasteiger partial charge is 0.334 e. The summed E-state index contributed by atoms with van der Waals surface area (Å²) >= 11 is 0. The normalized spacial score (nSPS) is 17.9. The number of carbonyl (C=O) groups excluding carboxylic acids is 1. The quantitative estimate of drug-likeness (QED) is 0.899. The Balaban J connectivity index is 1.62. The van der Waals surface area contributed by atoms with Gasteiger partial charge in [-0.15, -0.1) is 0 Å². The van der Waals surface area contributed by atoms with Crippen molar-refractivity contribution in [3.8, 4) is 5.69 Å². The lowest BCUT2D eigenvalue weighted by Crippen LogP contribution is -2.49. The number of ether oxygens (including phenoxy) is 1. The van der Waals surface area contributed by atoms with Crippen molar-refractivity contribution in [1.29, 1.82) is 0 Å². The Morgan fingerprint density at radius 1 is 1.30 bits per heavy atom. The molecule has 0 spiro atoms. The molecule has 0 saturated carbocycles. The lowest BCUT2D eigenvalue weighted by Gasteiger charge is -2.31. The molecule has 3 rings (SSSR count). The summed E-state index contributed by atoms with van der Waals surface area (Å²) in [6.45, 7) is 0.772. The number of morpholine rings is 1. The third kappa shape index (κ3) is 3.57. The van der Waals surface area contributed by atoms with E-state index in [0.717, 1.165) is 11.3 Å². The summed E-state index contributed by atoms with van der Waals surface area (Å²) in [6, 6.07) is 9.40. The van der Waals surface area contributed by atoms with Gasteiger partial charge in [-0.3, -0.25) is 4.79 Å². The van der Waals surface area contributed by atoms with Gasteiger partial charge in [-0.2, -0.15) is 5.10 Å². The minimum Gasteiger partial charge on any atom is -0.479 e. The van der Waals surface area contributed by atoms with Gasteiger partial charge < -0.3 is 14.7 Å². The number of hydrogen-bond acceptors (Lipinski definition) is 4. The Hall–Kier alpha value is -2.67. The first kappa shape index (κ1) is 15.2. The fourth-order valence-corrected chi connectivity index (χ4v) is 2.50. The summed E-state index contributed by atoms with van der Waals surface area (Å²) in [5.74, 6) is -1.13. The van der Waals surface area contributed by atoms with Gasteiger partial charge in [0.1, 0.15) is 0 Å². The Bertz CT molecular complexity index is 682. The molecule has 1 aliphatic heterocycles. The van der Waals surface area contributed by atoms with Crippen molar-refractivity contribution in [3.05, 3.63) is 48.3 Å². The first-order chi connectivity index (χ1) is 11.1. The first-order valence-corrected chi connectivity index (χ1v) is 7.34. The summed E-state index contributed by atoms with van der Waals surface area (Å²) in [5, 5.41) is 13.1. The predicted octanol–water partition coefficient (Wildman–Crippen LogP) is 0.727. The van der Waals surface area contributed by atoms with E-state index in [-0.39, 0.29) is 25.5 Å². The highest BCUT2D eigenvalue weighted by Crippen LogP contribution is 2.12. The molecule has 1 aromatic carbocycles. The standard InChI is InChI=1S/C16H17N3O4/c20-15(18-8-9-23-14(11-18)16(21)22)10-12-2-4-13(5-3-12)19-7-1-6-17-19/h1-7,14H,8-11H2,(H,21,22)/t14-/m1/s1. The van der Waals surface area contributed by atoms with Crippen molar-refractivity contribution in [2.75, 3.05) is 19.7 Å². The molecule has 1 fully saturated rings. The number of hydrogen-bond donors (Lipinski definition) is 1. The van der Waals surface area contributed by atoms with Crippen molar-refractivity contribution in [2.24, 2.45) is 0 Å². The lowest BCUT2D eigenvalue weighted by molar-refractivity contribution is -0.159. The van der Waals surface area contributed by atoms with E-state index >= 15 is 0 Å². The molecule has 7 heteroatoms. The molecule has 120 valence electrons. The number of aromatic nitrogens is 2. The van der Waals surface area contributed by atoms with E-state index in [2.05, 4.69) is 5.10 Å². The zero-order chi connectivity index (χ0) is 16.2. The second-order valence-corrected chi connectivity index (χ2v) is 5.33. The minimum atomic E-state index is -1.04. The number of aliphatic carboxylic acids is 1. The molecule has 0 unspecified atom stereocenters.